The molecule has 0 bridgehead atoms. The summed E-state index contributed by atoms with van der Waals surface area (Å²) in [4.78, 5) is 94.1. The summed E-state index contributed by atoms with van der Waals surface area (Å²) < 4.78 is 18.2. The van der Waals surface area contributed by atoms with Gasteiger partial charge in [0.05, 0.1) is 71.1 Å². The van der Waals surface area contributed by atoms with Crippen LogP contribution in [0.2, 0.25) is 15.5 Å². The molecule has 5 amide bonds. The predicted octanol–water partition coefficient (Wildman–Crippen LogP) is -4.60. The zero-order valence-electron chi connectivity index (χ0n) is 60.8. The van der Waals surface area contributed by atoms with Crippen LogP contribution in [0.25, 0.3) is 38.8 Å². The van der Waals surface area contributed by atoms with Gasteiger partial charge in [-0.1, -0.05) is 41.4 Å². The van der Waals surface area contributed by atoms with Crippen molar-refractivity contribution in [2.24, 2.45) is 0 Å². The van der Waals surface area contributed by atoms with E-state index in [4.69, 9.17) is 56.7 Å². The fourth-order valence-corrected chi connectivity index (χ4v) is 13.3. The van der Waals surface area contributed by atoms with Crippen LogP contribution >= 0.6 is 34.8 Å². The molecule has 2 aliphatic rings. The molecule has 2 fully saturated rings. The Morgan fingerprint density at radius 3 is 1.34 bits per heavy atom. The molecular formula is C70H94Cl6N24O6. The third-order valence-electron chi connectivity index (χ3n) is 18.0. The van der Waals surface area contributed by atoms with Gasteiger partial charge < -0.3 is 101 Å². The van der Waals surface area contributed by atoms with Crippen LogP contribution in [0.4, 0.5) is 17.5 Å². The van der Waals surface area contributed by atoms with E-state index in [2.05, 4.69) is 138 Å². The quantitative estimate of drug-likeness (QED) is 0.0182. The van der Waals surface area contributed by atoms with E-state index in [-0.39, 0.29) is 112 Å². The van der Waals surface area contributed by atoms with Crippen molar-refractivity contribution in [3.05, 3.63) is 146 Å². The number of aromatic nitrogens is 12. The molecule has 36 heteroatoms. The van der Waals surface area contributed by atoms with E-state index in [1.807, 2.05) is 78.2 Å². The summed E-state index contributed by atoms with van der Waals surface area (Å²) in [5.41, 5.74) is 26.9. The van der Waals surface area contributed by atoms with Crippen molar-refractivity contribution in [3.8, 4) is 0 Å². The van der Waals surface area contributed by atoms with Crippen molar-refractivity contribution in [3.63, 3.8) is 0 Å². The molecule has 6 aromatic heterocycles. The molecule has 106 heavy (non-hydrogen) atoms. The third-order valence-corrected chi connectivity index (χ3v) is 18.6. The Morgan fingerprint density at radius 1 is 0.557 bits per heavy atom. The highest BCUT2D eigenvalue weighted by Crippen LogP contribution is 2.26. The van der Waals surface area contributed by atoms with Crippen LogP contribution in [0.15, 0.2) is 79.8 Å². The lowest BCUT2D eigenvalue weighted by atomic mass is 10.1. The number of nitrogens with zero attached hydrogens (tertiary/aromatic N) is 15. The molecule has 2 aliphatic heterocycles. The number of nitrogens with one attached hydrogen (secondary N) is 6. The second-order valence-corrected chi connectivity index (χ2v) is 25.4. The molecule has 0 aliphatic carbocycles. The maximum atomic E-state index is 13.0. The molecule has 0 spiro atoms. The molecule has 11 rings (SSSR count). The molecule has 0 radical (unpaired) electrons. The lowest BCUT2D eigenvalue weighted by molar-refractivity contribution is -0.676. The van der Waals surface area contributed by atoms with E-state index >= 15 is 0 Å². The first kappa shape index (κ1) is 86.1. The topological polar surface area (TPSA) is 358 Å². The Kier molecular flexibility index (Phi) is 33.1. The molecule has 12 N–H and O–H groups in total. The second-order valence-electron chi connectivity index (χ2n) is 24.2. The van der Waals surface area contributed by atoms with E-state index in [9.17, 15) is 24.0 Å². The number of fused-ring (bicyclic) bond motifs is 3. The number of nitrogens with two attached hydrogens (primary N) is 3. The Hall–Kier alpha value is -8.82. The average Bonchev–Trinajstić information content (AvgIpc) is 1.63. The van der Waals surface area contributed by atoms with Crippen LogP contribution in [0, 0.1) is 0 Å². The third kappa shape index (κ3) is 20.5. The Morgan fingerprint density at radius 2 is 0.943 bits per heavy atom. The summed E-state index contributed by atoms with van der Waals surface area (Å²) in [5, 5.41) is 18.5. The Balaban J connectivity index is 0.000000246. The Bertz CT molecular complexity index is 4560. The van der Waals surface area contributed by atoms with E-state index < -0.39 is 17.7 Å². The van der Waals surface area contributed by atoms with Crippen molar-refractivity contribution < 1.29 is 79.6 Å². The van der Waals surface area contributed by atoms with Crippen molar-refractivity contribution in [1.82, 2.24) is 90.2 Å². The van der Waals surface area contributed by atoms with Gasteiger partial charge in [-0.2, -0.15) is 0 Å². The number of carbonyl (C=O) groups is 5. The first-order valence-electron chi connectivity index (χ1n) is 34.7. The zero-order valence-corrected chi connectivity index (χ0v) is 65.4. The monoisotopic (exact) mass is 1580 g/mol. The number of imidazole rings is 3. The maximum absolute atomic E-state index is 13.0. The van der Waals surface area contributed by atoms with Gasteiger partial charge in [-0.15, -0.1) is 0 Å². The molecule has 2 saturated heterocycles. The van der Waals surface area contributed by atoms with E-state index in [0.29, 0.717) is 56.9 Å². The van der Waals surface area contributed by atoms with Crippen LogP contribution in [0.1, 0.15) is 123 Å². The SMILES string of the molecule is C=C(c1ccc2c(c1)n(CC)c(CNC(=O)c1nc(Cl)cnc1N)[n+]2CC)N1CCNCC1.CCn1c(CNC(=O)c2nc(Cl)cnc2N)[n+](CC)c2ccc(C(=O)N(C)CCCNC)cc21.CCn1c(CNC(=O)c2nc(Cl)cnc2N)[n+](CC)c2ccc(C(=O)NCCN3CCOCC3)cc21.[Cl-].[Cl-].[Cl-]. The minimum atomic E-state index is -0.460. The first-order chi connectivity index (χ1) is 49.7. The number of benzene rings is 3. The number of hydrogen-bond donors (Lipinski definition) is 9. The highest BCUT2D eigenvalue weighted by molar-refractivity contribution is 6.30. The maximum Gasteiger partial charge on any atom is 0.277 e. The predicted molar refractivity (Wildman–Crippen MR) is 397 cm³/mol. The lowest BCUT2D eigenvalue weighted by Crippen LogP contribution is -3.00. The number of nitrogen functional groups attached to an aromatic ring is 3. The number of rotatable bonds is 26. The van der Waals surface area contributed by atoms with E-state index in [1.54, 1.807) is 4.90 Å². The van der Waals surface area contributed by atoms with Gasteiger partial charge in [0.15, 0.2) is 67.6 Å². The number of anilines is 3. The second kappa shape index (κ2) is 40.8. The van der Waals surface area contributed by atoms with E-state index in [0.717, 1.165) is 147 Å². The minimum absolute atomic E-state index is 0. The number of aryl methyl sites for hydroxylation is 6. The lowest BCUT2D eigenvalue weighted by Gasteiger charge is -2.31. The van der Waals surface area contributed by atoms with Gasteiger partial charge in [0.25, 0.3) is 47.0 Å². The number of amides is 5. The van der Waals surface area contributed by atoms with E-state index in [1.165, 1.54) is 18.6 Å². The minimum Gasteiger partial charge on any atom is -1.00 e. The summed E-state index contributed by atoms with van der Waals surface area (Å²) in [6.45, 7) is 31.7. The Labute approximate surface area is 649 Å². The van der Waals surface area contributed by atoms with Gasteiger partial charge >= 0.3 is 0 Å². The van der Waals surface area contributed by atoms with Crippen LogP contribution in [-0.4, -0.2) is 181 Å². The van der Waals surface area contributed by atoms with Crippen molar-refractivity contribution >= 4 is 121 Å². The average molecular weight is 1580 g/mol. The molecule has 3 aromatic carbocycles. The molecule has 0 unspecified atom stereocenters. The fourth-order valence-electron chi connectivity index (χ4n) is 12.9. The largest absolute Gasteiger partial charge is 1.00 e. The molecule has 0 atom stereocenters. The van der Waals surface area contributed by atoms with Gasteiger partial charge in [0, 0.05) is 100 Å². The van der Waals surface area contributed by atoms with Gasteiger partial charge in [0.2, 0.25) is 0 Å². The molecule has 8 heterocycles. The summed E-state index contributed by atoms with van der Waals surface area (Å²) in [7, 11) is 3.72. The molecular weight excluding hydrogens is 1490 g/mol. The number of hydrogen-bond acceptors (Lipinski definition) is 19. The number of morpholine rings is 1. The zero-order chi connectivity index (χ0) is 74.0. The summed E-state index contributed by atoms with van der Waals surface area (Å²) in [6.07, 6.45) is 4.79. The van der Waals surface area contributed by atoms with Gasteiger partial charge in [-0.25, -0.2) is 57.3 Å². The van der Waals surface area contributed by atoms with Crippen molar-refractivity contribution in [2.45, 2.75) is 107 Å². The number of carbonyl (C=O) groups excluding carboxylic acids is 5. The molecule has 0 saturated carbocycles. The highest BCUT2D eigenvalue weighted by Gasteiger charge is 2.30. The normalized spacial score (nSPS) is 12.7. The summed E-state index contributed by atoms with van der Waals surface area (Å²) >= 11 is 17.6. The smallest absolute Gasteiger partial charge is 0.277 e. The van der Waals surface area contributed by atoms with Crippen LogP contribution in [0.3, 0.4) is 0 Å². The van der Waals surface area contributed by atoms with Gasteiger partial charge in [0.1, 0.15) is 35.1 Å². The van der Waals surface area contributed by atoms with Crippen LogP contribution < -0.4 is 100 Å². The van der Waals surface area contributed by atoms with Crippen molar-refractivity contribution in [1.29, 1.82) is 0 Å². The standard InChI is InChI=1S/C24H31ClN8O3.C23H31ClN8O2.C23H29ClN8O.3ClH/c1-3-32-17-6-5-16(23(34)27-7-8-31-9-11-36-12-10-31)13-18(17)33(4-2)20(32)15-29-24(35)21-22(26)28-14-19(25)30-21;1-5-31-16-9-8-15(23(34)30(4)11-7-10-26-3)12-17(16)32(6-2)19(31)14-28-22(33)20-21(25)27-13-18(24)29-20;1-4-31-17-7-6-16(15(3)30-10-8-26-9-11-30)12-18(17)32(5-2)20(31)14-28-23(33)21-22(25)27-13-19(24)29-21;;;/h5-6,13-14H,3-4,7-12,15H2,1-2H3,(H3-,26,27,28,29,34,35);8-9,12-13,26H,5-7,10-11,14H2,1-4H3,(H2-,25,27,28,33);6-7,12-13,26H,3-5,8-11,14H2,1-2H3,(H2-,25,27,28,33);3*1H. The molecule has 9 aromatic rings. The van der Waals surface area contributed by atoms with Crippen LogP contribution in [0.5, 0.6) is 0 Å². The highest BCUT2D eigenvalue weighted by atomic mass is 35.5. The first-order valence-corrected chi connectivity index (χ1v) is 35.8. The summed E-state index contributed by atoms with van der Waals surface area (Å²) in [6, 6.07) is 17.9. The van der Waals surface area contributed by atoms with Crippen LogP contribution in [-0.2, 0) is 63.6 Å². The number of ether oxygens (including phenoxy) is 1. The fraction of sp³-hybridized carbons (Fsp3) is 0.429. The van der Waals surface area contributed by atoms with Gasteiger partial charge in [-0.3, -0.25) is 28.9 Å². The number of halogens is 6. The summed E-state index contributed by atoms with van der Waals surface area (Å²) in [5.74, 6) is 1.40. The van der Waals surface area contributed by atoms with Crippen molar-refractivity contribution in [2.75, 3.05) is 110 Å². The van der Waals surface area contributed by atoms with Gasteiger partial charge in [-0.05, 0) is 104 Å². The molecule has 30 nitrogen and oxygen atoms in total. The molecule has 572 valence electrons. The number of piperazine rings is 1.